The maximum absolute atomic E-state index is 11.2. The number of aromatic nitrogens is 1. The molecule has 0 radical (unpaired) electrons. The van der Waals surface area contributed by atoms with E-state index >= 15 is 0 Å². The molecule has 2 aliphatic rings. The highest BCUT2D eigenvalue weighted by atomic mass is 16.6. The molecule has 0 aromatic carbocycles. The van der Waals surface area contributed by atoms with Crippen molar-refractivity contribution in [2.45, 2.75) is 31.3 Å². The van der Waals surface area contributed by atoms with Gasteiger partial charge in [-0.05, 0) is 12.8 Å². The Morgan fingerprint density at radius 1 is 1.35 bits per heavy atom. The lowest BCUT2D eigenvalue weighted by Crippen LogP contribution is -2.42. The zero-order valence-electron chi connectivity index (χ0n) is 12.6. The fourth-order valence-corrected chi connectivity index (χ4v) is 2.72. The van der Waals surface area contributed by atoms with Crippen LogP contribution < -0.4 is 16.0 Å². The molecule has 0 bridgehead atoms. The Morgan fingerprint density at radius 2 is 2.22 bits per heavy atom. The number of nitrogens with zero attached hydrogens (tertiary/aromatic N) is 2. The van der Waals surface area contributed by atoms with Gasteiger partial charge in [-0.1, -0.05) is 0 Å². The summed E-state index contributed by atoms with van der Waals surface area (Å²) in [5, 5.41) is 20.3. The summed E-state index contributed by atoms with van der Waals surface area (Å²) in [5.41, 5.74) is 0.377. The van der Waals surface area contributed by atoms with Gasteiger partial charge >= 0.3 is 5.69 Å². The van der Waals surface area contributed by atoms with Crippen LogP contribution in [-0.2, 0) is 9.53 Å². The lowest BCUT2D eigenvalue weighted by molar-refractivity contribution is -0.384. The fraction of sp³-hybridized carbons (Fsp3) is 0.571. The Morgan fingerprint density at radius 3 is 2.87 bits per heavy atom. The Balaban J connectivity index is 1.73. The largest absolute Gasteiger partial charge is 0.379 e. The monoisotopic (exact) mass is 321 g/mol. The van der Waals surface area contributed by atoms with Gasteiger partial charge in [0.15, 0.2) is 0 Å². The van der Waals surface area contributed by atoms with Crippen molar-refractivity contribution >= 4 is 23.1 Å². The first-order valence-electron chi connectivity index (χ1n) is 7.64. The first-order chi connectivity index (χ1) is 11.1. The lowest BCUT2D eigenvalue weighted by atomic mass is 10.1. The number of piperidine rings is 1. The van der Waals surface area contributed by atoms with E-state index < -0.39 is 4.92 Å². The minimum atomic E-state index is -0.449. The van der Waals surface area contributed by atoms with Crippen LogP contribution in [0.4, 0.5) is 17.2 Å². The summed E-state index contributed by atoms with van der Waals surface area (Å²) in [6, 6.07) is 1.79. The van der Waals surface area contributed by atoms with Gasteiger partial charge in [0, 0.05) is 31.7 Å². The predicted octanol–water partition coefficient (Wildman–Crippen LogP) is 0.881. The van der Waals surface area contributed by atoms with Crippen LogP contribution in [0.25, 0.3) is 0 Å². The second-order valence-corrected chi connectivity index (χ2v) is 5.73. The topological polar surface area (TPSA) is 118 Å². The molecule has 9 nitrogen and oxygen atoms in total. The number of nitro groups is 1. The van der Waals surface area contributed by atoms with Crippen molar-refractivity contribution in [3.8, 4) is 0 Å². The molecule has 9 heteroatoms. The molecule has 124 valence electrons. The highest BCUT2D eigenvalue weighted by Gasteiger charge is 2.23. The summed E-state index contributed by atoms with van der Waals surface area (Å²) in [7, 11) is 0. The van der Waals surface area contributed by atoms with E-state index in [1.54, 1.807) is 6.07 Å². The van der Waals surface area contributed by atoms with Gasteiger partial charge in [-0.3, -0.25) is 14.9 Å². The fourth-order valence-electron chi connectivity index (χ4n) is 2.72. The minimum absolute atomic E-state index is 0.0447. The van der Waals surface area contributed by atoms with Crippen LogP contribution in [0.3, 0.4) is 0 Å². The molecule has 0 aliphatic carbocycles. The molecule has 3 N–H and O–H groups in total. The van der Waals surface area contributed by atoms with Gasteiger partial charge in [0.2, 0.25) is 5.91 Å². The van der Waals surface area contributed by atoms with Crippen molar-refractivity contribution < 1.29 is 14.5 Å². The maximum atomic E-state index is 11.2. The van der Waals surface area contributed by atoms with Crippen LogP contribution in [0.5, 0.6) is 0 Å². The predicted molar refractivity (Wildman–Crippen MR) is 83.4 cm³/mol. The molecule has 2 atom stereocenters. The van der Waals surface area contributed by atoms with E-state index in [4.69, 9.17) is 4.74 Å². The average Bonchev–Trinajstić information content (AvgIpc) is 3.02. The first-order valence-corrected chi connectivity index (χ1v) is 7.64. The number of ether oxygens (including phenoxy) is 1. The van der Waals surface area contributed by atoms with Crippen LogP contribution >= 0.6 is 0 Å². The Labute approximate surface area is 133 Å². The molecule has 0 unspecified atom stereocenters. The molecule has 1 aromatic heterocycles. The summed E-state index contributed by atoms with van der Waals surface area (Å²) in [6.45, 7) is 1.72. The number of rotatable bonds is 5. The quantitative estimate of drug-likeness (QED) is 0.544. The number of pyridine rings is 1. The van der Waals surface area contributed by atoms with E-state index in [1.165, 1.54) is 6.20 Å². The zero-order chi connectivity index (χ0) is 16.2. The van der Waals surface area contributed by atoms with Crippen LogP contribution in [0.15, 0.2) is 12.3 Å². The summed E-state index contributed by atoms with van der Waals surface area (Å²) in [5.74, 6) is 0.599. The Hall–Kier alpha value is -2.42. The molecule has 1 amide bonds. The van der Waals surface area contributed by atoms with Gasteiger partial charge in [-0.2, -0.15) is 0 Å². The highest BCUT2D eigenvalue weighted by molar-refractivity contribution is 5.77. The highest BCUT2D eigenvalue weighted by Crippen LogP contribution is 2.28. The molecule has 2 saturated heterocycles. The third kappa shape index (κ3) is 3.86. The molecule has 2 fully saturated rings. The molecule has 2 aliphatic heterocycles. The van der Waals surface area contributed by atoms with Gasteiger partial charge in [0.25, 0.3) is 0 Å². The SMILES string of the molecule is O=C1CC[C@H](Nc2cc(N[C@H]3CCOC3)c([N+](=O)[O-])cn2)CN1. The summed E-state index contributed by atoms with van der Waals surface area (Å²) in [4.78, 5) is 26.0. The first kappa shape index (κ1) is 15.5. The minimum Gasteiger partial charge on any atom is -0.379 e. The lowest BCUT2D eigenvalue weighted by Gasteiger charge is -2.24. The molecule has 0 spiro atoms. The van der Waals surface area contributed by atoms with Gasteiger partial charge in [0.1, 0.15) is 17.7 Å². The second-order valence-electron chi connectivity index (χ2n) is 5.73. The van der Waals surface area contributed by atoms with Crippen molar-refractivity contribution in [3.63, 3.8) is 0 Å². The summed E-state index contributed by atoms with van der Waals surface area (Å²) < 4.78 is 5.29. The van der Waals surface area contributed by atoms with Gasteiger partial charge < -0.3 is 20.7 Å². The van der Waals surface area contributed by atoms with E-state index in [0.29, 0.717) is 44.1 Å². The van der Waals surface area contributed by atoms with Crippen LogP contribution in [-0.4, -0.2) is 47.7 Å². The normalized spacial score (nSPS) is 24.1. The standard InChI is InChI=1S/C14H19N5O4/c20-14-2-1-9(6-16-14)18-13-5-11(12(7-15-13)19(21)22)17-10-3-4-23-8-10/h5,7,9-10H,1-4,6,8H2,(H,16,20)(H2,15,17,18)/t9-,10-/m0/s1. The third-order valence-corrected chi connectivity index (χ3v) is 3.99. The van der Waals surface area contributed by atoms with Crippen molar-refractivity contribution in [3.05, 3.63) is 22.4 Å². The number of amides is 1. The zero-order valence-corrected chi connectivity index (χ0v) is 12.6. The Kier molecular flexibility index (Phi) is 4.56. The van der Waals surface area contributed by atoms with Gasteiger partial charge in [0.05, 0.1) is 17.6 Å². The molecular formula is C14H19N5O4. The molecule has 23 heavy (non-hydrogen) atoms. The summed E-state index contributed by atoms with van der Waals surface area (Å²) in [6.07, 6.45) is 3.25. The van der Waals surface area contributed by atoms with Crippen LogP contribution in [0, 0.1) is 10.1 Å². The van der Waals surface area contributed by atoms with Gasteiger partial charge in [-0.15, -0.1) is 0 Å². The number of nitrogens with one attached hydrogen (secondary N) is 3. The van der Waals surface area contributed by atoms with E-state index in [-0.39, 0.29) is 23.7 Å². The van der Waals surface area contributed by atoms with Crippen molar-refractivity contribution in [2.24, 2.45) is 0 Å². The van der Waals surface area contributed by atoms with Crippen LogP contribution in [0.2, 0.25) is 0 Å². The van der Waals surface area contributed by atoms with Crippen molar-refractivity contribution in [1.29, 1.82) is 0 Å². The van der Waals surface area contributed by atoms with E-state index in [2.05, 4.69) is 20.9 Å². The molecule has 1 aromatic rings. The van der Waals surface area contributed by atoms with E-state index in [0.717, 1.165) is 6.42 Å². The number of hydrogen-bond acceptors (Lipinski definition) is 7. The van der Waals surface area contributed by atoms with Crippen molar-refractivity contribution in [1.82, 2.24) is 10.3 Å². The number of hydrogen-bond donors (Lipinski definition) is 3. The molecular weight excluding hydrogens is 302 g/mol. The average molecular weight is 321 g/mol. The molecule has 0 saturated carbocycles. The van der Waals surface area contributed by atoms with E-state index in [9.17, 15) is 14.9 Å². The second kappa shape index (κ2) is 6.78. The molecule has 3 heterocycles. The number of anilines is 2. The number of carbonyl (C=O) groups is 1. The third-order valence-electron chi connectivity index (χ3n) is 3.99. The smallest absolute Gasteiger partial charge is 0.310 e. The van der Waals surface area contributed by atoms with Crippen LogP contribution in [0.1, 0.15) is 19.3 Å². The molecule has 3 rings (SSSR count). The Bertz CT molecular complexity index is 593. The van der Waals surface area contributed by atoms with E-state index in [1.807, 2.05) is 0 Å². The van der Waals surface area contributed by atoms with Gasteiger partial charge in [-0.25, -0.2) is 4.98 Å². The maximum Gasteiger partial charge on any atom is 0.310 e. The summed E-state index contributed by atoms with van der Waals surface area (Å²) >= 11 is 0. The number of carbonyl (C=O) groups excluding carboxylic acids is 1. The van der Waals surface area contributed by atoms with Crippen molar-refractivity contribution in [2.75, 3.05) is 30.4 Å².